The SMILES string of the molecule is CCCCN1C=CC(C2=CCN(CCCC)C=C2)=CC1. The third-order valence-electron chi connectivity index (χ3n) is 3.95. The first-order valence-corrected chi connectivity index (χ1v) is 8.08. The van der Waals surface area contributed by atoms with Crippen LogP contribution in [0.1, 0.15) is 39.5 Å². The predicted octanol–water partition coefficient (Wildman–Crippen LogP) is 4.10. The summed E-state index contributed by atoms with van der Waals surface area (Å²) in [6.45, 7) is 8.95. The lowest BCUT2D eigenvalue weighted by molar-refractivity contribution is 0.396. The molecule has 0 spiro atoms. The van der Waals surface area contributed by atoms with E-state index < -0.39 is 0 Å². The summed E-state index contributed by atoms with van der Waals surface area (Å²) >= 11 is 0. The van der Waals surface area contributed by atoms with E-state index in [1.54, 1.807) is 0 Å². The van der Waals surface area contributed by atoms with Crippen LogP contribution in [0.15, 0.2) is 47.9 Å². The molecule has 2 rings (SSSR count). The van der Waals surface area contributed by atoms with Crippen molar-refractivity contribution in [2.24, 2.45) is 0 Å². The highest BCUT2D eigenvalue weighted by atomic mass is 15.1. The van der Waals surface area contributed by atoms with Crippen molar-refractivity contribution in [1.29, 1.82) is 0 Å². The van der Waals surface area contributed by atoms with E-state index in [9.17, 15) is 0 Å². The van der Waals surface area contributed by atoms with E-state index in [-0.39, 0.29) is 0 Å². The van der Waals surface area contributed by atoms with Gasteiger partial charge in [-0.25, -0.2) is 0 Å². The topological polar surface area (TPSA) is 6.48 Å². The van der Waals surface area contributed by atoms with Gasteiger partial charge in [0.25, 0.3) is 0 Å². The summed E-state index contributed by atoms with van der Waals surface area (Å²) in [7, 11) is 0. The fourth-order valence-corrected chi connectivity index (χ4v) is 2.54. The molecule has 0 N–H and O–H groups in total. The Morgan fingerprint density at radius 3 is 1.55 bits per heavy atom. The Morgan fingerprint density at radius 2 is 1.25 bits per heavy atom. The molecule has 110 valence electrons. The zero-order valence-corrected chi connectivity index (χ0v) is 13.0. The van der Waals surface area contributed by atoms with Crippen molar-refractivity contribution >= 4 is 0 Å². The smallest absolute Gasteiger partial charge is 0.0363 e. The van der Waals surface area contributed by atoms with Gasteiger partial charge in [0.2, 0.25) is 0 Å². The lowest BCUT2D eigenvalue weighted by Gasteiger charge is -2.25. The number of hydrogen-bond acceptors (Lipinski definition) is 2. The lowest BCUT2D eigenvalue weighted by Crippen LogP contribution is -2.23. The molecule has 0 amide bonds. The maximum Gasteiger partial charge on any atom is 0.0363 e. The van der Waals surface area contributed by atoms with Crippen LogP contribution in [-0.4, -0.2) is 36.0 Å². The van der Waals surface area contributed by atoms with Crippen molar-refractivity contribution in [3.63, 3.8) is 0 Å². The summed E-state index contributed by atoms with van der Waals surface area (Å²) in [4.78, 5) is 4.79. The van der Waals surface area contributed by atoms with Crippen LogP contribution < -0.4 is 0 Å². The fraction of sp³-hybridized carbons (Fsp3) is 0.556. The molecular weight excluding hydrogens is 244 g/mol. The molecule has 0 unspecified atom stereocenters. The lowest BCUT2D eigenvalue weighted by atomic mass is 10.0. The van der Waals surface area contributed by atoms with Crippen molar-refractivity contribution in [2.75, 3.05) is 26.2 Å². The van der Waals surface area contributed by atoms with Crippen molar-refractivity contribution in [2.45, 2.75) is 39.5 Å². The van der Waals surface area contributed by atoms with Crippen LogP contribution in [0.25, 0.3) is 0 Å². The standard InChI is InChI=1S/C18H28N2/c1-3-5-11-19-13-7-17(8-14-19)18-9-15-20(16-10-18)12-6-4-2/h7-10,13,15H,3-6,11-12,14,16H2,1-2H3. The van der Waals surface area contributed by atoms with Gasteiger partial charge in [0.05, 0.1) is 0 Å². The molecule has 2 heteroatoms. The molecule has 0 radical (unpaired) electrons. The van der Waals surface area contributed by atoms with Gasteiger partial charge in [-0.1, -0.05) is 38.8 Å². The first kappa shape index (κ1) is 15.0. The molecule has 0 atom stereocenters. The minimum absolute atomic E-state index is 1.05. The van der Waals surface area contributed by atoms with Gasteiger partial charge in [-0.3, -0.25) is 0 Å². The van der Waals surface area contributed by atoms with E-state index in [0.717, 1.165) is 13.1 Å². The first-order valence-electron chi connectivity index (χ1n) is 8.08. The summed E-state index contributed by atoms with van der Waals surface area (Å²) in [5.41, 5.74) is 2.76. The molecule has 2 nitrogen and oxygen atoms in total. The van der Waals surface area contributed by atoms with Crippen LogP contribution in [0.3, 0.4) is 0 Å². The number of rotatable bonds is 7. The van der Waals surface area contributed by atoms with E-state index in [4.69, 9.17) is 0 Å². The molecule has 0 aromatic heterocycles. The maximum atomic E-state index is 2.40. The van der Waals surface area contributed by atoms with Crippen molar-refractivity contribution in [3.05, 3.63) is 47.9 Å². The van der Waals surface area contributed by atoms with Crippen LogP contribution in [0, 0.1) is 0 Å². The zero-order chi connectivity index (χ0) is 14.2. The Morgan fingerprint density at radius 1 is 0.800 bits per heavy atom. The van der Waals surface area contributed by atoms with Crippen LogP contribution in [0.4, 0.5) is 0 Å². The minimum atomic E-state index is 1.05. The Balaban J connectivity index is 1.83. The molecule has 2 heterocycles. The summed E-state index contributed by atoms with van der Waals surface area (Å²) in [6.07, 6.45) is 18.8. The quantitative estimate of drug-likeness (QED) is 0.688. The van der Waals surface area contributed by atoms with Gasteiger partial charge in [0, 0.05) is 26.2 Å². The molecule has 0 aromatic carbocycles. The normalized spacial score (nSPS) is 18.3. The Kier molecular flexibility index (Phi) is 5.97. The Hall–Kier alpha value is -1.44. The molecule has 20 heavy (non-hydrogen) atoms. The van der Waals surface area contributed by atoms with Crippen LogP contribution in [-0.2, 0) is 0 Å². The molecule has 0 aliphatic carbocycles. The second-order valence-corrected chi connectivity index (χ2v) is 5.65. The molecule has 0 aromatic rings. The second-order valence-electron chi connectivity index (χ2n) is 5.65. The summed E-state index contributed by atoms with van der Waals surface area (Å²) < 4.78 is 0. The second kappa shape index (κ2) is 7.98. The van der Waals surface area contributed by atoms with Gasteiger partial charge in [-0.2, -0.15) is 0 Å². The van der Waals surface area contributed by atoms with Gasteiger partial charge in [-0.15, -0.1) is 0 Å². The van der Waals surface area contributed by atoms with E-state index >= 15 is 0 Å². The Labute approximate surface area is 124 Å². The maximum absolute atomic E-state index is 2.40. The van der Waals surface area contributed by atoms with Gasteiger partial charge < -0.3 is 9.80 Å². The molecule has 2 aliphatic rings. The van der Waals surface area contributed by atoms with Crippen molar-refractivity contribution in [1.82, 2.24) is 9.80 Å². The average molecular weight is 272 g/mol. The molecular formula is C18H28N2. The summed E-state index contributed by atoms with van der Waals surface area (Å²) in [6, 6.07) is 0. The van der Waals surface area contributed by atoms with Crippen LogP contribution in [0.2, 0.25) is 0 Å². The van der Waals surface area contributed by atoms with Gasteiger partial charge >= 0.3 is 0 Å². The first-order chi connectivity index (χ1) is 9.83. The van der Waals surface area contributed by atoms with Gasteiger partial charge in [0.1, 0.15) is 0 Å². The number of unbranched alkanes of at least 4 members (excludes halogenated alkanes) is 2. The monoisotopic (exact) mass is 272 g/mol. The molecule has 0 saturated heterocycles. The largest absolute Gasteiger partial charge is 0.374 e. The fourth-order valence-electron chi connectivity index (χ4n) is 2.54. The van der Waals surface area contributed by atoms with E-state index in [0.29, 0.717) is 0 Å². The highest BCUT2D eigenvalue weighted by Crippen LogP contribution is 2.20. The van der Waals surface area contributed by atoms with E-state index in [1.807, 2.05) is 0 Å². The molecule has 2 aliphatic heterocycles. The zero-order valence-electron chi connectivity index (χ0n) is 13.0. The Bertz CT molecular complexity index is 375. The third kappa shape index (κ3) is 4.29. The van der Waals surface area contributed by atoms with Gasteiger partial charge in [0.15, 0.2) is 0 Å². The molecule has 0 saturated carbocycles. The summed E-state index contributed by atoms with van der Waals surface area (Å²) in [5, 5.41) is 0. The highest BCUT2D eigenvalue weighted by molar-refractivity contribution is 5.48. The van der Waals surface area contributed by atoms with Crippen molar-refractivity contribution in [3.8, 4) is 0 Å². The summed E-state index contributed by atoms with van der Waals surface area (Å²) in [5.74, 6) is 0. The van der Waals surface area contributed by atoms with E-state index in [1.165, 1.54) is 49.9 Å². The number of nitrogens with zero attached hydrogens (tertiary/aromatic N) is 2. The number of allylic oxidation sites excluding steroid dienone is 4. The van der Waals surface area contributed by atoms with Crippen molar-refractivity contribution < 1.29 is 0 Å². The highest BCUT2D eigenvalue weighted by Gasteiger charge is 2.10. The van der Waals surface area contributed by atoms with Gasteiger partial charge in [-0.05, 0) is 48.5 Å². The van der Waals surface area contributed by atoms with Crippen LogP contribution in [0.5, 0.6) is 0 Å². The predicted molar refractivity (Wildman–Crippen MR) is 87.4 cm³/mol. The molecule has 0 bridgehead atoms. The van der Waals surface area contributed by atoms with E-state index in [2.05, 4.69) is 60.4 Å². The average Bonchev–Trinajstić information content (AvgIpc) is 2.52. The third-order valence-corrected chi connectivity index (χ3v) is 3.95. The van der Waals surface area contributed by atoms with Crippen LogP contribution >= 0.6 is 0 Å². The minimum Gasteiger partial charge on any atom is -0.374 e. The number of hydrogen-bond donors (Lipinski definition) is 0. The molecule has 0 fully saturated rings.